The van der Waals surface area contributed by atoms with Crippen molar-refractivity contribution in [2.75, 3.05) is 13.1 Å². The minimum atomic E-state index is 1.08. The zero-order valence-corrected chi connectivity index (χ0v) is 7.89. The predicted molar refractivity (Wildman–Crippen MR) is 48.4 cm³/mol. The number of aromatic nitrogens is 1. The summed E-state index contributed by atoms with van der Waals surface area (Å²) in [5.41, 5.74) is 1.30. The third kappa shape index (κ3) is 1.65. The van der Waals surface area contributed by atoms with E-state index in [1.165, 1.54) is 25.2 Å². The topological polar surface area (TPSA) is 19.0 Å². The molecule has 60 valence electrons. The molecule has 1 saturated heterocycles. The lowest BCUT2D eigenvalue weighted by molar-refractivity contribution is 0.170. The highest BCUT2D eigenvalue weighted by Crippen LogP contribution is 2.14. The van der Waals surface area contributed by atoms with Crippen LogP contribution in [-0.4, -0.2) is 23.0 Å². The first-order chi connectivity index (χ1) is 5.34. The highest BCUT2D eigenvalue weighted by molar-refractivity contribution is 9.10. The van der Waals surface area contributed by atoms with E-state index >= 15 is 0 Å². The summed E-state index contributed by atoms with van der Waals surface area (Å²) >= 11 is 3.39. The fourth-order valence-electron chi connectivity index (χ4n) is 1.28. The Kier molecular flexibility index (Phi) is 2.00. The molecule has 0 radical (unpaired) electrons. The van der Waals surface area contributed by atoms with Crippen molar-refractivity contribution in [3.8, 4) is 0 Å². The standard InChI is InChI=1S/C8H11BrN2/c9-8-3-2-7(10-8)6-11-4-1-5-11/h2-3,10H,1,4-6H2. The number of halogens is 1. The van der Waals surface area contributed by atoms with Crippen LogP contribution in [0.4, 0.5) is 0 Å². The van der Waals surface area contributed by atoms with Gasteiger partial charge in [-0.25, -0.2) is 0 Å². The summed E-state index contributed by atoms with van der Waals surface area (Å²) in [6.45, 7) is 3.60. The highest BCUT2D eigenvalue weighted by atomic mass is 79.9. The molecule has 1 aliphatic rings. The maximum Gasteiger partial charge on any atom is 0.0822 e. The molecule has 1 N–H and O–H groups in total. The molecule has 2 nitrogen and oxygen atoms in total. The molecule has 0 atom stereocenters. The SMILES string of the molecule is Brc1ccc(CN2CCC2)[nH]1. The van der Waals surface area contributed by atoms with Crippen molar-refractivity contribution >= 4 is 15.9 Å². The maximum absolute atomic E-state index is 3.39. The first kappa shape index (κ1) is 7.37. The summed E-state index contributed by atoms with van der Waals surface area (Å²) in [7, 11) is 0. The van der Waals surface area contributed by atoms with Gasteiger partial charge in [-0.05, 0) is 47.6 Å². The van der Waals surface area contributed by atoms with Crippen molar-refractivity contribution in [3.63, 3.8) is 0 Å². The third-order valence-corrected chi connectivity index (χ3v) is 2.52. The molecule has 0 amide bonds. The number of likely N-dealkylation sites (tertiary alicyclic amines) is 1. The molecule has 0 saturated carbocycles. The van der Waals surface area contributed by atoms with Gasteiger partial charge in [0, 0.05) is 12.2 Å². The molecule has 0 bridgehead atoms. The van der Waals surface area contributed by atoms with E-state index in [0.29, 0.717) is 0 Å². The average molecular weight is 215 g/mol. The molecule has 3 heteroatoms. The Hall–Kier alpha value is -0.280. The van der Waals surface area contributed by atoms with Crippen LogP contribution in [0, 0.1) is 0 Å². The number of aromatic amines is 1. The van der Waals surface area contributed by atoms with Gasteiger partial charge in [-0.2, -0.15) is 0 Å². The Balaban J connectivity index is 1.95. The minimum absolute atomic E-state index is 1.08. The molecule has 0 aliphatic carbocycles. The first-order valence-electron chi connectivity index (χ1n) is 3.90. The molecule has 2 rings (SSSR count). The fraction of sp³-hybridized carbons (Fsp3) is 0.500. The lowest BCUT2D eigenvalue weighted by atomic mass is 10.2. The van der Waals surface area contributed by atoms with Crippen LogP contribution in [0.25, 0.3) is 0 Å². The van der Waals surface area contributed by atoms with Crippen LogP contribution in [0.15, 0.2) is 16.7 Å². The van der Waals surface area contributed by atoms with E-state index in [4.69, 9.17) is 0 Å². The molecule has 1 aromatic rings. The molecule has 1 aliphatic heterocycles. The van der Waals surface area contributed by atoms with Crippen molar-refractivity contribution in [2.24, 2.45) is 0 Å². The van der Waals surface area contributed by atoms with E-state index in [1.807, 2.05) is 0 Å². The largest absolute Gasteiger partial charge is 0.352 e. The van der Waals surface area contributed by atoms with Crippen molar-refractivity contribution < 1.29 is 0 Å². The van der Waals surface area contributed by atoms with Crippen LogP contribution in [0.5, 0.6) is 0 Å². The molecule has 0 unspecified atom stereocenters. The van der Waals surface area contributed by atoms with E-state index in [2.05, 4.69) is 37.9 Å². The van der Waals surface area contributed by atoms with Crippen molar-refractivity contribution in [1.82, 2.24) is 9.88 Å². The van der Waals surface area contributed by atoms with Gasteiger partial charge in [0.15, 0.2) is 0 Å². The zero-order valence-electron chi connectivity index (χ0n) is 6.31. The van der Waals surface area contributed by atoms with Gasteiger partial charge >= 0.3 is 0 Å². The lowest BCUT2D eigenvalue weighted by Gasteiger charge is -2.29. The smallest absolute Gasteiger partial charge is 0.0822 e. The molecule has 11 heavy (non-hydrogen) atoms. The summed E-state index contributed by atoms with van der Waals surface area (Å²) in [4.78, 5) is 5.68. The van der Waals surface area contributed by atoms with Gasteiger partial charge in [-0.1, -0.05) is 0 Å². The Morgan fingerprint density at radius 2 is 2.27 bits per heavy atom. The number of rotatable bonds is 2. The number of hydrogen-bond donors (Lipinski definition) is 1. The van der Waals surface area contributed by atoms with E-state index in [9.17, 15) is 0 Å². The summed E-state index contributed by atoms with van der Waals surface area (Å²) in [5, 5.41) is 0. The second-order valence-electron chi connectivity index (χ2n) is 2.96. The van der Waals surface area contributed by atoms with Gasteiger partial charge in [-0.3, -0.25) is 4.90 Å². The van der Waals surface area contributed by atoms with Gasteiger partial charge in [0.05, 0.1) is 4.60 Å². The molecule has 1 aromatic heterocycles. The monoisotopic (exact) mass is 214 g/mol. The molecule has 2 heterocycles. The minimum Gasteiger partial charge on any atom is -0.352 e. The Morgan fingerprint density at radius 1 is 1.45 bits per heavy atom. The second kappa shape index (κ2) is 2.99. The van der Waals surface area contributed by atoms with Gasteiger partial charge in [0.25, 0.3) is 0 Å². The van der Waals surface area contributed by atoms with Crippen molar-refractivity contribution in [1.29, 1.82) is 0 Å². The van der Waals surface area contributed by atoms with E-state index in [1.54, 1.807) is 0 Å². The molecular formula is C8H11BrN2. The summed E-state index contributed by atoms with van der Waals surface area (Å²) in [6, 6.07) is 4.18. The predicted octanol–water partition coefficient (Wildman–Crippen LogP) is 1.98. The summed E-state index contributed by atoms with van der Waals surface area (Å²) < 4.78 is 1.08. The van der Waals surface area contributed by atoms with Gasteiger partial charge in [0.1, 0.15) is 0 Å². The number of nitrogens with zero attached hydrogens (tertiary/aromatic N) is 1. The number of nitrogens with one attached hydrogen (secondary N) is 1. The van der Waals surface area contributed by atoms with Crippen LogP contribution in [0.1, 0.15) is 12.1 Å². The number of hydrogen-bond acceptors (Lipinski definition) is 1. The van der Waals surface area contributed by atoms with E-state index in [0.717, 1.165) is 11.1 Å². The normalized spacial score (nSPS) is 18.3. The van der Waals surface area contributed by atoms with E-state index < -0.39 is 0 Å². The highest BCUT2D eigenvalue weighted by Gasteiger charge is 2.13. The van der Waals surface area contributed by atoms with Crippen LogP contribution < -0.4 is 0 Å². The fourth-order valence-corrected chi connectivity index (χ4v) is 1.67. The molecule has 0 aromatic carbocycles. The van der Waals surface area contributed by atoms with Crippen LogP contribution in [0.3, 0.4) is 0 Å². The van der Waals surface area contributed by atoms with Gasteiger partial charge < -0.3 is 4.98 Å². The van der Waals surface area contributed by atoms with Crippen molar-refractivity contribution in [3.05, 3.63) is 22.4 Å². The summed E-state index contributed by atoms with van der Waals surface area (Å²) in [6.07, 6.45) is 1.36. The molecule has 0 spiro atoms. The van der Waals surface area contributed by atoms with Crippen LogP contribution >= 0.6 is 15.9 Å². The zero-order chi connectivity index (χ0) is 7.68. The summed E-state index contributed by atoms with van der Waals surface area (Å²) in [5.74, 6) is 0. The lowest BCUT2D eigenvalue weighted by Crippen LogP contribution is -2.36. The first-order valence-corrected chi connectivity index (χ1v) is 4.69. The number of H-pyrrole nitrogens is 1. The van der Waals surface area contributed by atoms with Gasteiger partial charge in [-0.15, -0.1) is 0 Å². The second-order valence-corrected chi connectivity index (χ2v) is 3.82. The maximum atomic E-state index is 3.39. The average Bonchev–Trinajstić information content (AvgIpc) is 2.27. The Bertz CT molecular complexity index is 240. The Morgan fingerprint density at radius 3 is 2.73 bits per heavy atom. The van der Waals surface area contributed by atoms with Gasteiger partial charge in [0.2, 0.25) is 0 Å². The Labute approximate surface area is 74.7 Å². The van der Waals surface area contributed by atoms with Crippen molar-refractivity contribution in [2.45, 2.75) is 13.0 Å². The molecular weight excluding hydrogens is 204 g/mol. The third-order valence-electron chi connectivity index (χ3n) is 2.05. The van der Waals surface area contributed by atoms with E-state index in [-0.39, 0.29) is 0 Å². The van der Waals surface area contributed by atoms with Crippen LogP contribution in [-0.2, 0) is 6.54 Å². The quantitative estimate of drug-likeness (QED) is 0.799. The van der Waals surface area contributed by atoms with Crippen LogP contribution in [0.2, 0.25) is 0 Å². The molecule has 1 fully saturated rings.